The topological polar surface area (TPSA) is 73.8 Å². The van der Waals surface area contributed by atoms with Crippen LogP contribution in [0, 0.1) is 5.41 Å². The van der Waals surface area contributed by atoms with Crippen LogP contribution < -0.4 is 16.6 Å². The summed E-state index contributed by atoms with van der Waals surface area (Å²) in [5, 5.41) is 9.68. The zero-order chi connectivity index (χ0) is 23.0. The molecule has 1 N–H and O–H groups in total. The van der Waals surface area contributed by atoms with Crippen molar-refractivity contribution in [2.24, 2.45) is 12.5 Å². The fourth-order valence-electron chi connectivity index (χ4n) is 4.43. The van der Waals surface area contributed by atoms with E-state index in [1.807, 2.05) is 10.9 Å². The lowest BCUT2D eigenvalue weighted by atomic mass is 9.97. The van der Waals surface area contributed by atoms with Gasteiger partial charge in [0.2, 0.25) is 0 Å². The molecule has 0 saturated carbocycles. The number of thioether (sulfide) groups is 1. The third-order valence-corrected chi connectivity index (χ3v) is 6.83. The fourth-order valence-corrected chi connectivity index (χ4v) is 5.13. The average Bonchev–Trinajstić information content (AvgIpc) is 3.14. The Labute approximate surface area is 192 Å². The Hall–Kier alpha value is -2.32. The van der Waals surface area contributed by atoms with Gasteiger partial charge < -0.3 is 5.32 Å². The van der Waals surface area contributed by atoms with Crippen molar-refractivity contribution in [3.05, 3.63) is 56.2 Å². The second-order valence-electron chi connectivity index (χ2n) is 9.90. The Kier molecular flexibility index (Phi) is 6.36. The van der Waals surface area contributed by atoms with Crippen molar-refractivity contribution >= 4 is 22.8 Å². The number of hydrogen-bond donors (Lipinski definition) is 1. The van der Waals surface area contributed by atoms with Crippen molar-refractivity contribution < 1.29 is 0 Å². The van der Waals surface area contributed by atoms with Crippen LogP contribution in [0.25, 0.3) is 11.0 Å². The first-order chi connectivity index (χ1) is 15.2. The van der Waals surface area contributed by atoms with Crippen LogP contribution in [0.15, 0.2) is 38.9 Å². The van der Waals surface area contributed by atoms with Gasteiger partial charge in [0.1, 0.15) is 10.4 Å². The number of hydrogen-bond acceptors (Lipinski definition) is 5. The minimum absolute atomic E-state index is 0.125. The summed E-state index contributed by atoms with van der Waals surface area (Å²) in [5.41, 5.74) is 2.18. The predicted octanol–water partition coefficient (Wildman–Crippen LogP) is 3.53. The van der Waals surface area contributed by atoms with Crippen LogP contribution in [-0.2, 0) is 20.1 Å². The van der Waals surface area contributed by atoms with Crippen LogP contribution in [0.5, 0.6) is 0 Å². The summed E-state index contributed by atoms with van der Waals surface area (Å²) >= 11 is 1.49. The molecular weight excluding hydrogens is 422 g/mol. The molecular formula is C24H33N5O2S. The zero-order valence-corrected chi connectivity index (χ0v) is 20.5. The van der Waals surface area contributed by atoms with Crippen molar-refractivity contribution in [1.29, 1.82) is 0 Å². The second kappa shape index (κ2) is 8.90. The second-order valence-corrected chi connectivity index (χ2v) is 10.7. The largest absolute Gasteiger partial charge is 0.332 e. The summed E-state index contributed by atoms with van der Waals surface area (Å²) in [6, 6.07) is 9.09. The van der Waals surface area contributed by atoms with E-state index in [0.29, 0.717) is 30.2 Å². The summed E-state index contributed by atoms with van der Waals surface area (Å²) in [7, 11) is 1.54. The molecule has 1 saturated heterocycles. The van der Waals surface area contributed by atoms with E-state index in [-0.39, 0.29) is 16.7 Å². The van der Waals surface area contributed by atoms with Crippen LogP contribution in [0.2, 0.25) is 0 Å². The number of benzene rings is 1. The van der Waals surface area contributed by atoms with Gasteiger partial charge >= 0.3 is 5.69 Å². The molecule has 1 aliphatic heterocycles. The maximum absolute atomic E-state index is 13.0. The third-order valence-electron chi connectivity index (χ3n) is 6.03. The number of nitrogens with zero attached hydrogens (tertiary/aromatic N) is 4. The van der Waals surface area contributed by atoms with Gasteiger partial charge in [-0.25, -0.2) is 4.79 Å². The molecule has 0 aliphatic carbocycles. The van der Waals surface area contributed by atoms with Gasteiger partial charge in [-0.2, -0.15) is 5.10 Å². The van der Waals surface area contributed by atoms with Crippen LogP contribution in [0.3, 0.4) is 0 Å². The van der Waals surface area contributed by atoms with E-state index in [1.54, 1.807) is 11.6 Å². The number of rotatable bonds is 5. The van der Waals surface area contributed by atoms with Gasteiger partial charge in [0, 0.05) is 19.6 Å². The molecule has 1 unspecified atom stereocenters. The minimum atomic E-state index is -0.320. The highest BCUT2D eigenvalue weighted by molar-refractivity contribution is 7.98. The zero-order valence-electron chi connectivity index (χ0n) is 19.6. The fraction of sp³-hybridized carbons (Fsp3) is 0.542. The highest BCUT2D eigenvalue weighted by atomic mass is 32.2. The van der Waals surface area contributed by atoms with Crippen LogP contribution >= 0.6 is 11.8 Å². The summed E-state index contributed by atoms with van der Waals surface area (Å²) in [5.74, 6) is 0. The van der Waals surface area contributed by atoms with E-state index in [4.69, 9.17) is 5.10 Å². The lowest BCUT2D eigenvalue weighted by Crippen LogP contribution is -2.40. The molecule has 32 heavy (non-hydrogen) atoms. The molecule has 172 valence electrons. The minimum Gasteiger partial charge on any atom is -0.310 e. The quantitative estimate of drug-likeness (QED) is 0.596. The Morgan fingerprint density at radius 2 is 1.88 bits per heavy atom. The first-order valence-electron chi connectivity index (χ1n) is 11.3. The maximum atomic E-state index is 13.0. The predicted molar refractivity (Wildman–Crippen MR) is 131 cm³/mol. The van der Waals surface area contributed by atoms with Crippen LogP contribution in [0.4, 0.5) is 0 Å². The van der Waals surface area contributed by atoms with Crippen molar-refractivity contribution in [1.82, 2.24) is 24.2 Å². The molecule has 0 spiro atoms. The van der Waals surface area contributed by atoms with E-state index in [2.05, 4.69) is 50.4 Å². The van der Waals surface area contributed by atoms with E-state index in [1.165, 1.54) is 41.2 Å². The molecule has 1 fully saturated rings. The van der Waals surface area contributed by atoms with Gasteiger partial charge in [-0.1, -0.05) is 51.5 Å². The molecule has 4 rings (SSSR count). The van der Waals surface area contributed by atoms with Gasteiger partial charge in [0.25, 0.3) is 5.56 Å². The van der Waals surface area contributed by atoms with E-state index in [0.717, 1.165) is 17.1 Å². The maximum Gasteiger partial charge on any atom is 0.332 e. The monoisotopic (exact) mass is 455 g/mol. The van der Waals surface area contributed by atoms with E-state index < -0.39 is 0 Å². The van der Waals surface area contributed by atoms with Crippen molar-refractivity contribution in [2.75, 3.05) is 12.8 Å². The Bertz CT molecular complexity index is 1220. The molecule has 2 aromatic heterocycles. The van der Waals surface area contributed by atoms with Crippen molar-refractivity contribution in [3.8, 4) is 0 Å². The Morgan fingerprint density at radius 3 is 2.47 bits per heavy atom. The Morgan fingerprint density at radius 1 is 1.16 bits per heavy atom. The van der Waals surface area contributed by atoms with Gasteiger partial charge in [-0.15, -0.1) is 11.8 Å². The number of fused-ring (bicyclic) bond motifs is 1. The molecule has 1 aromatic carbocycles. The summed E-state index contributed by atoms with van der Waals surface area (Å²) < 4.78 is 4.71. The van der Waals surface area contributed by atoms with Crippen molar-refractivity contribution in [2.45, 2.75) is 64.2 Å². The van der Waals surface area contributed by atoms with Gasteiger partial charge in [0.05, 0.1) is 6.54 Å². The number of nitrogens with one attached hydrogen (secondary N) is 1. The summed E-state index contributed by atoms with van der Waals surface area (Å²) in [6.07, 6.45) is 5.64. The molecule has 0 amide bonds. The van der Waals surface area contributed by atoms with Gasteiger partial charge in [-0.05, 0) is 42.2 Å². The van der Waals surface area contributed by atoms with E-state index >= 15 is 0 Å². The molecule has 3 heterocycles. The molecule has 0 radical (unpaired) electrons. The molecule has 3 aromatic rings. The first-order valence-corrected chi connectivity index (χ1v) is 12.5. The summed E-state index contributed by atoms with van der Waals surface area (Å²) in [6.45, 7) is 8.35. The molecule has 8 heteroatoms. The molecule has 0 bridgehead atoms. The SMILES string of the molecule is CSc1c2c(=O)n(C)c(=O)n(CC(C)(C)C)c2nn1Cc1ccc(C2CCCCN2)cc1. The molecule has 1 aliphatic rings. The molecule has 7 nitrogen and oxygen atoms in total. The summed E-state index contributed by atoms with van der Waals surface area (Å²) in [4.78, 5) is 25.9. The highest BCUT2D eigenvalue weighted by Crippen LogP contribution is 2.27. The number of aromatic nitrogens is 4. The first kappa shape index (κ1) is 22.9. The lowest BCUT2D eigenvalue weighted by Gasteiger charge is -2.24. The van der Waals surface area contributed by atoms with Crippen LogP contribution in [-0.4, -0.2) is 31.7 Å². The van der Waals surface area contributed by atoms with Gasteiger partial charge in [-0.3, -0.25) is 18.6 Å². The molecule has 1 atom stereocenters. The van der Waals surface area contributed by atoms with Gasteiger partial charge in [0.15, 0.2) is 5.65 Å². The van der Waals surface area contributed by atoms with E-state index in [9.17, 15) is 9.59 Å². The average molecular weight is 456 g/mol. The van der Waals surface area contributed by atoms with Crippen LogP contribution in [0.1, 0.15) is 57.2 Å². The number of piperidine rings is 1. The van der Waals surface area contributed by atoms with Crippen molar-refractivity contribution in [3.63, 3.8) is 0 Å². The standard InChI is InChI=1S/C24H33N5O2S/c1-24(2,3)15-28-20-19(21(30)27(4)23(28)31)22(32-5)29(26-20)14-16-9-11-17(12-10-16)18-8-6-7-13-25-18/h9-12,18,25H,6-8,13-15H2,1-5H3. The smallest absolute Gasteiger partial charge is 0.310 e. The highest BCUT2D eigenvalue weighted by Gasteiger charge is 2.23. The third kappa shape index (κ3) is 4.43. The lowest BCUT2D eigenvalue weighted by molar-refractivity contribution is 0.337. The Balaban J connectivity index is 1.74. The normalized spacial score (nSPS) is 17.2.